The van der Waals surface area contributed by atoms with E-state index in [1.54, 1.807) is 21.3 Å². The quantitative estimate of drug-likeness (QED) is 0.468. The highest BCUT2D eigenvalue weighted by Crippen LogP contribution is 2.13. The van der Waals surface area contributed by atoms with Gasteiger partial charge in [-0.1, -0.05) is 40.0 Å². The van der Waals surface area contributed by atoms with Crippen LogP contribution in [0.25, 0.3) is 0 Å². The van der Waals surface area contributed by atoms with Crippen LogP contribution in [-0.2, 0) is 13.3 Å². The van der Waals surface area contributed by atoms with E-state index in [9.17, 15) is 0 Å². The molecule has 0 heterocycles. The summed E-state index contributed by atoms with van der Waals surface area (Å²) in [5.41, 5.74) is 0. The van der Waals surface area contributed by atoms with Crippen molar-refractivity contribution in [1.82, 2.24) is 5.32 Å². The molecule has 0 aromatic carbocycles. The second kappa shape index (κ2) is 16.1. The maximum absolute atomic E-state index is 5.17. The number of hydrogen-bond acceptors (Lipinski definition) is 4. The highest BCUT2D eigenvalue weighted by atomic mass is 28.4. The van der Waals surface area contributed by atoms with E-state index in [1.165, 1.54) is 38.8 Å². The fourth-order valence-electron chi connectivity index (χ4n) is 1.59. The Labute approximate surface area is 121 Å². The lowest BCUT2D eigenvalue weighted by molar-refractivity contribution is 0.123. The topological polar surface area (TPSA) is 39.7 Å². The molecule has 0 radical (unpaired) electrons. The Morgan fingerprint density at radius 3 is 1.37 bits per heavy atom. The molecule has 0 aromatic heterocycles. The molecule has 0 aromatic rings. The van der Waals surface area contributed by atoms with Crippen LogP contribution >= 0.6 is 0 Å². The van der Waals surface area contributed by atoms with E-state index >= 15 is 0 Å². The summed E-state index contributed by atoms with van der Waals surface area (Å²) in [6.45, 7) is 8.94. The van der Waals surface area contributed by atoms with E-state index in [-0.39, 0.29) is 0 Å². The summed E-state index contributed by atoms with van der Waals surface area (Å²) in [5, 5.41) is 3.39. The third-order valence-corrected chi connectivity index (χ3v) is 5.88. The molecule has 19 heavy (non-hydrogen) atoms. The fraction of sp³-hybridized carbons (Fsp3) is 1.00. The van der Waals surface area contributed by atoms with E-state index in [0.717, 1.165) is 12.5 Å². The third kappa shape index (κ3) is 12.8. The van der Waals surface area contributed by atoms with Crippen LogP contribution in [0.5, 0.6) is 0 Å². The zero-order chi connectivity index (χ0) is 15.0. The van der Waals surface area contributed by atoms with Gasteiger partial charge < -0.3 is 18.6 Å². The Morgan fingerprint density at radius 1 is 0.737 bits per heavy atom. The van der Waals surface area contributed by atoms with E-state index < -0.39 is 8.80 Å². The maximum atomic E-state index is 5.17. The molecule has 0 saturated heterocycles. The summed E-state index contributed by atoms with van der Waals surface area (Å²) in [6.07, 6.45) is 6.29. The van der Waals surface area contributed by atoms with Crippen molar-refractivity contribution in [3.8, 4) is 0 Å². The first kappa shape index (κ1) is 21.4. The van der Waals surface area contributed by atoms with Crippen molar-refractivity contribution in [1.29, 1.82) is 0 Å². The zero-order valence-corrected chi connectivity index (χ0v) is 14.9. The molecule has 0 unspecified atom stereocenters. The average Bonchev–Trinajstić information content (AvgIpc) is 2.46. The molecule has 0 amide bonds. The highest BCUT2D eigenvalue weighted by Gasteiger charge is 2.36. The molecular formula is C14H35NO3Si. The summed E-state index contributed by atoms with van der Waals surface area (Å²) in [7, 11) is 2.68. The van der Waals surface area contributed by atoms with Gasteiger partial charge in [-0.25, -0.2) is 0 Å². The molecule has 118 valence electrons. The number of unbranched alkanes of at least 4 members (excludes halogenated alkanes) is 2. The molecule has 0 rings (SSSR count). The molecule has 0 fully saturated rings. The van der Waals surface area contributed by atoms with Gasteiger partial charge in [0.05, 0.1) is 0 Å². The van der Waals surface area contributed by atoms with Gasteiger partial charge in [-0.2, -0.15) is 0 Å². The Kier molecular flexibility index (Phi) is 18.1. The summed E-state index contributed by atoms with van der Waals surface area (Å²) in [6, 6.07) is 0.885. The summed E-state index contributed by atoms with van der Waals surface area (Å²) >= 11 is 0. The van der Waals surface area contributed by atoms with E-state index in [1.807, 2.05) is 0 Å². The molecular weight excluding hydrogens is 258 g/mol. The number of nitrogens with one attached hydrogen (secondary N) is 1. The lowest BCUT2D eigenvalue weighted by atomic mass is 10.3. The Balaban J connectivity index is 0. The van der Waals surface area contributed by atoms with Gasteiger partial charge in [0.25, 0.3) is 0 Å². The number of rotatable bonds is 11. The van der Waals surface area contributed by atoms with Gasteiger partial charge >= 0.3 is 8.80 Å². The van der Waals surface area contributed by atoms with Gasteiger partial charge in [-0.05, 0) is 25.9 Å². The van der Waals surface area contributed by atoms with Gasteiger partial charge in [0.1, 0.15) is 0 Å². The normalized spacial score (nSPS) is 11.1. The monoisotopic (exact) mass is 293 g/mol. The van der Waals surface area contributed by atoms with Crippen molar-refractivity contribution in [2.45, 2.75) is 58.9 Å². The summed E-state index contributed by atoms with van der Waals surface area (Å²) < 4.78 is 15.5. The Hall–Kier alpha value is 0.0569. The van der Waals surface area contributed by atoms with Crippen LogP contribution in [0.4, 0.5) is 0 Å². The fourth-order valence-corrected chi connectivity index (χ4v) is 3.32. The SMILES string of the molecule is CCCCNCCCC.CCC[Si](OC)(OC)OC. The minimum atomic E-state index is -2.22. The Morgan fingerprint density at radius 2 is 1.16 bits per heavy atom. The molecule has 0 aliphatic rings. The van der Waals surface area contributed by atoms with Crippen molar-refractivity contribution >= 4 is 8.80 Å². The largest absolute Gasteiger partial charge is 0.500 e. The van der Waals surface area contributed by atoms with Crippen molar-refractivity contribution in [3.63, 3.8) is 0 Å². The minimum Gasteiger partial charge on any atom is -0.377 e. The smallest absolute Gasteiger partial charge is 0.377 e. The summed E-state index contributed by atoms with van der Waals surface area (Å²) in [5.74, 6) is 0. The molecule has 0 aliphatic heterocycles. The zero-order valence-electron chi connectivity index (χ0n) is 13.9. The molecule has 0 spiro atoms. The lowest BCUT2D eigenvalue weighted by Crippen LogP contribution is -2.42. The van der Waals surface area contributed by atoms with Crippen LogP contribution in [0, 0.1) is 0 Å². The predicted molar refractivity (Wildman–Crippen MR) is 84.6 cm³/mol. The second-order valence-electron chi connectivity index (χ2n) is 4.50. The van der Waals surface area contributed by atoms with Gasteiger partial charge in [-0.3, -0.25) is 0 Å². The summed E-state index contributed by atoms with van der Waals surface area (Å²) in [4.78, 5) is 0. The predicted octanol–water partition coefficient (Wildman–Crippen LogP) is 3.45. The van der Waals surface area contributed by atoms with Gasteiger partial charge in [0.15, 0.2) is 0 Å². The molecule has 0 saturated carbocycles. The van der Waals surface area contributed by atoms with Crippen molar-refractivity contribution in [2.75, 3.05) is 34.4 Å². The lowest BCUT2D eigenvalue weighted by Gasteiger charge is -2.23. The van der Waals surface area contributed by atoms with Crippen molar-refractivity contribution in [2.24, 2.45) is 0 Å². The van der Waals surface area contributed by atoms with Crippen LogP contribution in [0.15, 0.2) is 0 Å². The third-order valence-electron chi connectivity index (χ3n) is 2.90. The highest BCUT2D eigenvalue weighted by molar-refractivity contribution is 6.60. The van der Waals surface area contributed by atoms with Gasteiger partial charge in [0.2, 0.25) is 0 Å². The molecule has 0 bridgehead atoms. The van der Waals surface area contributed by atoms with Crippen LogP contribution in [0.2, 0.25) is 6.04 Å². The first-order valence-electron chi connectivity index (χ1n) is 7.52. The van der Waals surface area contributed by atoms with E-state index in [0.29, 0.717) is 0 Å². The van der Waals surface area contributed by atoms with Crippen molar-refractivity contribution < 1.29 is 13.3 Å². The Bertz CT molecular complexity index is 153. The molecule has 5 heteroatoms. The van der Waals surface area contributed by atoms with Gasteiger partial charge in [0, 0.05) is 27.4 Å². The van der Waals surface area contributed by atoms with Crippen LogP contribution in [-0.4, -0.2) is 43.2 Å². The molecule has 0 aliphatic carbocycles. The van der Waals surface area contributed by atoms with E-state index in [4.69, 9.17) is 13.3 Å². The maximum Gasteiger partial charge on any atom is 0.500 e. The van der Waals surface area contributed by atoms with E-state index in [2.05, 4.69) is 26.1 Å². The molecule has 1 N–H and O–H groups in total. The molecule has 4 nitrogen and oxygen atoms in total. The first-order chi connectivity index (χ1) is 9.16. The molecule has 0 atom stereocenters. The van der Waals surface area contributed by atoms with Crippen molar-refractivity contribution in [3.05, 3.63) is 0 Å². The standard InChI is InChI=1S/C8H19N.C6H16O3Si/c1-3-5-7-9-8-6-4-2;1-5-6-10(7-2,8-3)9-4/h9H,3-8H2,1-2H3;5-6H2,1-4H3. The van der Waals surface area contributed by atoms with Gasteiger partial charge in [-0.15, -0.1) is 0 Å². The number of hydrogen-bond donors (Lipinski definition) is 1. The van der Waals surface area contributed by atoms with Crippen LogP contribution in [0.3, 0.4) is 0 Å². The first-order valence-corrected chi connectivity index (χ1v) is 9.45. The average molecular weight is 294 g/mol. The van der Waals surface area contributed by atoms with Crippen LogP contribution in [0.1, 0.15) is 52.9 Å². The minimum absolute atomic E-state index is 0.885. The second-order valence-corrected chi connectivity index (χ2v) is 7.59. The van der Waals surface area contributed by atoms with Crippen LogP contribution < -0.4 is 5.32 Å².